The van der Waals surface area contributed by atoms with Gasteiger partial charge in [-0.25, -0.2) is 9.97 Å². The summed E-state index contributed by atoms with van der Waals surface area (Å²) >= 11 is 1.36. The van der Waals surface area contributed by atoms with E-state index in [9.17, 15) is 9.59 Å². The molecule has 0 saturated carbocycles. The van der Waals surface area contributed by atoms with Gasteiger partial charge in [0.05, 0.1) is 11.4 Å². The quantitative estimate of drug-likeness (QED) is 0.850. The fraction of sp³-hybridized carbons (Fsp3) is 0.474. The predicted molar refractivity (Wildman–Crippen MR) is 106 cm³/mol. The van der Waals surface area contributed by atoms with Crippen LogP contribution in [0.5, 0.6) is 0 Å². The van der Waals surface area contributed by atoms with Crippen molar-refractivity contribution in [2.45, 2.75) is 26.7 Å². The molecular formula is C19H25N5O2S. The molecule has 144 valence electrons. The lowest BCUT2D eigenvalue weighted by Crippen LogP contribution is -2.51. The number of anilines is 1. The van der Waals surface area contributed by atoms with Gasteiger partial charge in [0.2, 0.25) is 5.91 Å². The van der Waals surface area contributed by atoms with Crippen molar-refractivity contribution in [3.63, 3.8) is 0 Å². The Morgan fingerprint density at radius 1 is 1.22 bits per heavy atom. The van der Waals surface area contributed by atoms with Crippen molar-refractivity contribution in [3.05, 3.63) is 40.0 Å². The molecule has 0 radical (unpaired) electrons. The Hall–Kier alpha value is -2.48. The van der Waals surface area contributed by atoms with Crippen LogP contribution in [0.4, 0.5) is 5.82 Å². The zero-order valence-corrected chi connectivity index (χ0v) is 16.8. The van der Waals surface area contributed by atoms with Crippen LogP contribution < -0.4 is 10.2 Å². The molecule has 2 amide bonds. The molecule has 0 atom stereocenters. The molecule has 0 aliphatic carbocycles. The van der Waals surface area contributed by atoms with Crippen molar-refractivity contribution in [2.75, 3.05) is 37.6 Å². The lowest BCUT2D eigenvalue weighted by atomic mass is 10.2. The maximum atomic E-state index is 12.4. The molecule has 2 aromatic heterocycles. The van der Waals surface area contributed by atoms with E-state index >= 15 is 0 Å². The van der Waals surface area contributed by atoms with Crippen molar-refractivity contribution in [2.24, 2.45) is 0 Å². The monoisotopic (exact) mass is 387 g/mol. The first-order chi connectivity index (χ1) is 12.9. The minimum absolute atomic E-state index is 0.0286. The number of hydrogen-bond acceptors (Lipinski definition) is 6. The third-order valence-corrected chi connectivity index (χ3v) is 5.34. The summed E-state index contributed by atoms with van der Waals surface area (Å²) < 4.78 is 0. The van der Waals surface area contributed by atoms with Crippen molar-refractivity contribution in [1.29, 1.82) is 0 Å². The molecule has 3 rings (SSSR count). The van der Waals surface area contributed by atoms with Crippen LogP contribution in [0, 0.1) is 6.92 Å². The maximum Gasteiger partial charge on any atom is 0.261 e. The Morgan fingerprint density at radius 2 is 1.96 bits per heavy atom. The molecule has 2 aromatic rings. The number of nitrogens with zero attached hydrogens (tertiary/aromatic N) is 4. The van der Waals surface area contributed by atoms with Gasteiger partial charge in [-0.2, -0.15) is 0 Å². The summed E-state index contributed by atoms with van der Waals surface area (Å²) in [5.74, 6) is 1.79. The summed E-state index contributed by atoms with van der Waals surface area (Å²) in [4.78, 5) is 38.1. The smallest absolute Gasteiger partial charge is 0.261 e. The van der Waals surface area contributed by atoms with Gasteiger partial charge in [-0.05, 0) is 18.4 Å². The second-order valence-electron chi connectivity index (χ2n) is 6.91. The third-order valence-electron chi connectivity index (χ3n) is 4.48. The van der Waals surface area contributed by atoms with Gasteiger partial charge in [0, 0.05) is 43.9 Å². The average molecular weight is 388 g/mol. The van der Waals surface area contributed by atoms with E-state index in [1.54, 1.807) is 11.0 Å². The third kappa shape index (κ3) is 4.82. The number of aromatic nitrogens is 2. The standard InChI is InChI=1S/C19H25N5O2S/c1-13(2)18-21-14(3)11-16(22-18)23-6-8-24(9-7-23)17(25)12-20-19(26)15-5-4-10-27-15/h4-5,10-11,13H,6-9,12H2,1-3H3,(H,20,26). The number of carbonyl (C=O) groups is 2. The number of rotatable bonds is 5. The van der Waals surface area contributed by atoms with Gasteiger partial charge in [0.1, 0.15) is 11.6 Å². The van der Waals surface area contributed by atoms with E-state index in [-0.39, 0.29) is 24.3 Å². The minimum atomic E-state index is -0.199. The van der Waals surface area contributed by atoms with Gasteiger partial charge in [-0.3, -0.25) is 9.59 Å². The summed E-state index contributed by atoms with van der Waals surface area (Å²) in [6.45, 7) is 8.85. The first-order valence-electron chi connectivity index (χ1n) is 9.14. The maximum absolute atomic E-state index is 12.4. The Balaban J connectivity index is 1.52. The van der Waals surface area contributed by atoms with Gasteiger partial charge in [-0.1, -0.05) is 19.9 Å². The number of piperazine rings is 1. The topological polar surface area (TPSA) is 78.4 Å². The number of aryl methyl sites for hydroxylation is 1. The molecule has 0 aromatic carbocycles. The van der Waals surface area contributed by atoms with Gasteiger partial charge >= 0.3 is 0 Å². The number of nitrogens with one attached hydrogen (secondary N) is 1. The van der Waals surface area contributed by atoms with Crippen LogP contribution in [0.2, 0.25) is 0 Å². The van der Waals surface area contributed by atoms with E-state index in [4.69, 9.17) is 0 Å². The normalized spacial score (nSPS) is 14.5. The molecule has 0 unspecified atom stereocenters. The number of thiophene rings is 1. The molecule has 7 nitrogen and oxygen atoms in total. The van der Waals surface area contributed by atoms with Crippen molar-refractivity contribution in [3.8, 4) is 0 Å². The van der Waals surface area contributed by atoms with Crippen LogP contribution in [0.15, 0.2) is 23.6 Å². The fourth-order valence-corrected chi connectivity index (χ4v) is 3.58. The molecule has 0 spiro atoms. The molecule has 1 saturated heterocycles. The average Bonchev–Trinajstić information content (AvgIpc) is 3.20. The number of carbonyl (C=O) groups excluding carboxylic acids is 2. The van der Waals surface area contributed by atoms with Crippen LogP contribution in [0.3, 0.4) is 0 Å². The lowest BCUT2D eigenvalue weighted by molar-refractivity contribution is -0.130. The Morgan fingerprint density at radius 3 is 2.59 bits per heavy atom. The van der Waals surface area contributed by atoms with Crippen molar-refractivity contribution in [1.82, 2.24) is 20.2 Å². The molecule has 8 heteroatoms. The summed E-state index contributed by atoms with van der Waals surface area (Å²) in [7, 11) is 0. The number of hydrogen-bond donors (Lipinski definition) is 1. The molecule has 27 heavy (non-hydrogen) atoms. The van der Waals surface area contributed by atoms with E-state index in [1.807, 2.05) is 24.4 Å². The predicted octanol–water partition coefficient (Wildman–Crippen LogP) is 2.05. The Bertz CT molecular complexity index is 798. The highest BCUT2D eigenvalue weighted by atomic mass is 32.1. The SMILES string of the molecule is Cc1cc(N2CCN(C(=O)CNC(=O)c3cccs3)CC2)nc(C(C)C)n1. The largest absolute Gasteiger partial charge is 0.353 e. The first kappa shape index (κ1) is 19.3. The summed E-state index contributed by atoms with van der Waals surface area (Å²) in [6, 6.07) is 5.56. The van der Waals surface area contributed by atoms with Crippen molar-refractivity contribution < 1.29 is 9.59 Å². The summed E-state index contributed by atoms with van der Waals surface area (Å²) in [5, 5.41) is 4.54. The molecule has 1 N–H and O–H groups in total. The molecule has 3 heterocycles. The van der Waals surface area contributed by atoms with Crippen molar-refractivity contribution >= 4 is 29.0 Å². The second-order valence-corrected chi connectivity index (χ2v) is 7.86. The Labute approximate surface area is 163 Å². The highest BCUT2D eigenvalue weighted by Crippen LogP contribution is 2.18. The first-order valence-corrected chi connectivity index (χ1v) is 10.0. The van der Waals surface area contributed by atoms with Gasteiger partial charge in [-0.15, -0.1) is 11.3 Å². The summed E-state index contributed by atoms with van der Waals surface area (Å²) in [5.41, 5.74) is 0.957. The zero-order valence-electron chi connectivity index (χ0n) is 15.9. The molecule has 1 aliphatic rings. The van der Waals surface area contributed by atoms with Crippen LogP contribution in [0.25, 0.3) is 0 Å². The van der Waals surface area contributed by atoms with E-state index in [1.165, 1.54) is 11.3 Å². The van der Waals surface area contributed by atoms with Crippen LogP contribution in [-0.2, 0) is 4.79 Å². The molecule has 1 fully saturated rings. The van der Waals surface area contributed by atoms with Crippen LogP contribution >= 0.6 is 11.3 Å². The Kier molecular flexibility index (Phi) is 6.05. The van der Waals surface area contributed by atoms with Crippen LogP contribution in [0.1, 0.15) is 41.0 Å². The zero-order chi connectivity index (χ0) is 19.4. The van der Waals surface area contributed by atoms with E-state index in [0.29, 0.717) is 18.0 Å². The van der Waals surface area contributed by atoms with Gasteiger partial charge in [0.15, 0.2) is 0 Å². The second kappa shape index (κ2) is 8.47. The molecule has 1 aliphatic heterocycles. The lowest BCUT2D eigenvalue weighted by Gasteiger charge is -2.35. The fourth-order valence-electron chi connectivity index (χ4n) is 2.94. The molecular weight excluding hydrogens is 362 g/mol. The highest BCUT2D eigenvalue weighted by molar-refractivity contribution is 7.12. The van der Waals surface area contributed by atoms with Gasteiger partial charge < -0.3 is 15.1 Å². The number of amides is 2. The van der Waals surface area contributed by atoms with E-state index < -0.39 is 0 Å². The molecule has 0 bridgehead atoms. The minimum Gasteiger partial charge on any atom is -0.353 e. The van der Waals surface area contributed by atoms with Gasteiger partial charge in [0.25, 0.3) is 5.91 Å². The highest BCUT2D eigenvalue weighted by Gasteiger charge is 2.23. The summed E-state index contributed by atoms with van der Waals surface area (Å²) in [6.07, 6.45) is 0. The van der Waals surface area contributed by atoms with E-state index in [0.717, 1.165) is 30.4 Å². The van der Waals surface area contributed by atoms with E-state index in [2.05, 4.69) is 34.0 Å². The van der Waals surface area contributed by atoms with Crippen LogP contribution in [-0.4, -0.2) is 59.4 Å².